The number of carbonyl (C=O) groups excluding carboxylic acids is 1. The van der Waals surface area contributed by atoms with Crippen molar-refractivity contribution >= 4 is 52.9 Å². The third-order valence-corrected chi connectivity index (χ3v) is 3.53. The Morgan fingerprint density at radius 1 is 0.920 bits per heavy atom. The van der Waals surface area contributed by atoms with E-state index in [1.165, 1.54) is 22.7 Å². The van der Waals surface area contributed by atoms with Crippen LogP contribution in [-0.2, 0) is 14.4 Å². The van der Waals surface area contributed by atoms with Crippen molar-refractivity contribution in [3.8, 4) is 0 Å². The fourth-order valence-corrected chi connectivity index (χ4v) is 2.17. The van der Waals surface area contributed by atoms with Gasteiger partial charge in [0.05, 0.1) is 4.88 Å². The SMILES string of the molecule is C.O=C(O)/C=C/c1cccs1.O=C(O)CC(=O)O.O=Cc1cccs1. The Morgan fingerprint density at radius 3 is 1.64 bits per heavy atom. The van der Waals surface area contributed by atoms with Crippen molar-refractivity contribution in [3.63, 3.8) is 0 Å². The molecule has 0 bridgehead atoms. The summed E-state index contributed by atoms with van der Waals surface area (Å²) in [6.45, 7) is 0. The topological polar surface area (TPSA) is 129 Å². The lowest BCUT2D eigenvalue weighted by molar-refractivity contribution is -0.147. The van der Waals surface area contributed by atoms with E-state index < -0.39 is 24.3 Å². The molecule has 0 atom stereocenters. The molecule has 136 valence electrons. The maximum Gasteiger partial charge on any atom is 0.328 e. The fourth-order valence-electron chi connectivity index (χ4n) is 1.03. The molecule has 7 nitrogen and oxygen atoms in total. The van der Waals surface area contributed by atoms with E-state index in [0.29, 0.717) is 0 Å². The molecule has 0 aliphatic carbocycles. The van der Waals surface area contributed by atoms with Crippen molar-refractivity contribution < 1.29 is 34.5 Å². The number of hydrogen-bond acceptors (Lipinski definition) is 6. The minimum Gasteiger partial charge on any atom is -0.481 e. The number of thiophene rings is 2. The van der Waals surface area contributed by atoms with E-state index in [0.717, 1.165) is 22.1 Å². The molecule has 2 aromatic heterocycles. The maximum absolute atomic E-state index is 10.0. The van der Waals surface area contributed by atoms with Crippen LogP contribution in [0.25, 0.3) is 6.08 Å². The second-order valence-corrected chi connectivity index (χ2v) is 5.74. The van der Waals surface area contributed by atoms with Crippen LogP contribution < -0.4 is 0 Å². The van der Waals surface area contributed by atoms with Crippen LogP contribution in [0.3, 0.4) is 0 Å². The van der Waals surface area contributed by atoms with Gasteiger partial charge in [0, 0.05) is 11.0 Å². The first-order valence-electron chi connectivity index (χ1n) is 6.22. The van der Waals surface area contributed by atoms with Gasteiger partial charge in [0.25, 0.3) is 0 Å². The summed E-state index contributed by atoms with van der Waals surface area (Å²) < 4.78 is 0. The number of hydrogen-bond donors (Lipinski definition) is 3. The lowest BCUT2D eigenvalue weighted by atomic mass is 10.4. The highest BCUT2D eigenvalue weighted by molar-refractivity contribution is 7.11. The normalized spacial score (nSPS) is 8.80. The number of carbonyl (C=O) groups is 4. The first kappa shape index (κ1) is 24.5. The highest BCUT2D eigenvalue weighted by Gasteiger charge is 2.01. The molecule has 3 N–H and O–H groups in total. The van der Waals surface area contributed by atoms with Gasteiger partial charge in [-0.15, -0.1) is 22.7 Å². The van der Waals surface area contributed by atoms with Gasteiger partial charge < -0.3 is 15.3 Å². The molecule has 0 radical (unpaired) electrons. The van der Waals surface area contributed by atoms with E-state index in [4.69, 9.17) is 15.3 Å². The summed E-state index contributed by atoms with van der Waals surface area (Å²) in [6, 6.07) is 7.39. The smallest absolute Gasteiger partial charge is 0.328 e. The molecule has 0 aliphatic heterocycles. The number of aldehydes is 1. The van der Waals surface area contributed by atoms with Gasteiger partial charge in [-0.2, -0.15) is 0 Å². The summed E-state index contributed by atoms with van der Waals surface area (Å²) in [6.07, 6.45) is 2.75. The van der Waals surface area contributed by atoms with Gasteiger partial charge in [0.15, 0.2) is 6.29 Å². The lowest BCUT2D eigenvalue weighted by Crippen LogP contribution is -2.03. The Kier molecular flexibility index (Phi) is 14.5. The molecular weight excluding hydrogens is 368 g/mol. The first-order valence-corrected chi connectivity index (χ1v) is 7.98. The van der Waals surface area contributed by atoms with Crippen molar-refractivity contribution in [1.29, 1.82) is 0 Å². The molecule has 2 heterocycles. The molecular formula is C16H18O7S2. The minimum absolute atomic E-state index is 0. The van der Waals surface area contributed by atoms with E-state index in [9.17, 15) is 19.2 Å². The van der Waals surface area contributed by atoms with E-state index >= 15 is 0 Å². The molecule has 0 amide bonds. The van der Waals surface area contributed by atoms with Gasteiger partial charge in [-0.1, -0.05) is 19.6 Å². The molecule has 0 fully saturated rings. The molecule has 0 aliphatic rings. The second-order valence-electron chi connectivity index (χ2n) is 3.78. The van der Waals surface area contributed by atoms with Gasteiger partial charge >= 0.3 is 17.9 Å². The fraction of sp³-hybridized carbons (Fsp3) is 0.125. The van der Waals surface area contributed by atoms with Crippen LogP contribution in [0, 0.1) is 0 Å². The average Bonchev–Trinajstić information content (AvgIpc) is 3.18. The summed E-state index contributed by atoms with van der Waals surface area (Å²) in [4.78, 5) is 40.5. The molecule has 0 saturated carbocycles. The summed E-state index contributed by atoms with van der Waals surface area (Å²) in [5, 5.41) is 27.4. The van der Waals surface area contributed by atoms with Crippen molar-refractivity contribution in [1.82, 2.24) is 0 Å². The third kappa shape index (κ3) is 15.9. The van der Waals surface area contributed by atoms with Crippen LogP contribution in [0.4, 0.5) is 0 Å². The number of rotatable bonds is 5. The predicted molar refractivity (Wildman–Crippen MR) is 97.3 cm³/mol. The van der Waals surface area contributed by atoms with E-state index in [1.807, 2.05) is 29.0 Å². The predicted octanol–water partition coefficient (Wildman–Crippen LogP) is 3.59. The van der Waals surface area contributed by atoms with E-state index in [-0.39, 0.29) is 7.43 Å². The third-order valence-electron chi connectivity index (χ3n) is 1.90. The van der Waals surface area contributed by atoms with Crippen LogP contribution in [-0.4, -0.2) is 39.5 Å². The lowest BCUT2D eigenvalue weighted by Gasteiger charge is -1.80. The summed E-state index contributed by atoms with van der Waals surface area (Å²) in [5.74, 6) is -3.53. The van der Waals surface area contributed by atoms with Crippen molar-refractivity contribution in [2.45, 2.75) is 13.8 Å². The Hall–Kier alpha value is -2.78. The number of carboxylic acids is 3. The molecule has 9 heteroatoms. The molecule has 0 saturated heterocycles. The summed E-state index contributed by atoms with van der Waals surface area (Å²) in [7, 11) is 0. The van der Waals surface area contributed by atoms with Crippen molar-refractivity contribution in [2.24, 2.45) is 0 Å². The van der Waals surface area contributed by atoms with Gasteiger partial charge in [0.1, 0.15) is 6.42 Å². The molecule has 25 heavy (non-hydrogen) atoms. The minimum atomic E-state index is -1.31. The average molecular weight is 386 g/mol. The maximum atomic E-state index is 10.0. The number of carboxylic acid groups (broad SMARTS) is 3. The van der Waals surface area contributed by atoms with Gasteiger partial charge in [0.2, 0.25) is 0 Å². The molecule has 0 aromatic carbocycles. The van der Waals surface area contributed by atoms with Gasteiger partial charge in [-0.25, -0.2) is 4.79 Å². The van der Waals surface area contributed by atoms with Crippen molar-refractivity contribution in [2.75, 3.05) is 0 Å². The molecule has 0 spiro atoms. The van der Waals surface area contributed by atoms with Gasteiger partial charge in [-0.05, 0) is 29.0 Å². The van der Waals surface area contributed by atoms with Gasteiger partial charge in [-0.3, -0.25) is 14.4 Å². The Labute approximate surface area is 152 Å². The molecule has 0 unspecified atom stereocenters. The Balaban J connectivity index is 0. The van der Waals surface area contributed by atoms with Crippen LogP contribution in [0.5, 0.6) is 0 Å². The first-order chi connectivity index (χ1) is 11.3. The number of aliphatic carboxylic acids is 3. The van der Waals surface area contributed by atoms with Crippen LogP contribution >= 0.6 is 22.7 Å². The quantitative estimate of drug-likeness (QED) is 0.407. The molecule has 2 aromatic rings. The summed E-state index contributed by atoms with van der Waals surface area (Å²) in [5.41, 5.74) is 0. The van der Waals surface area contributed by atoms with Crippen LogP contribution in [0.1, 0.15) is 28.4 Å². The van der Waals surface area contributed by atoms with Crippen molar-refractivity contribution in [3.05, 3.63) is 50.9 Å². The Bertz CT molecular complexity index is 647. The summed E-state index contributed by atoms with van der Waals surface area (Å²) >= 11 is 2.97. The standard InChI is InChI=1S/C7H6O2S.C5H4OS.C3H4O4.CH4/c8-7(9)4-3-6-2-1-5-10-6;6-4-5-2-1-3-7-5;4-2(5)1-3(6)7;/h1-5H,(H,8,9);1-4H;1H2,(H,4,5)(H,6,7);1H4/b4-3+;;;. The van der Waals surface area contributed by atoms with Crippen LogP contribution in [0.2, 0.25) is 0 Å². The van der Waals surface area contributed by atoms with E-state index in [1.54, 1.807) is 12.1 Å². The highest BCUT2D eigenvalue weighted by atomic mass is 32.1. The highest BCUT2D eigenvalue weighted by Crippen LogP contribution is 2.09. The van der Waals surface area contributed by atoms with Crippen LogP contribution in [0.15, 0.2) is 41.1 Å². The zero-order valence-electron chi connectivity index (χ0n) is 12.2. The zero-order chi connectivity index (χ0) is 18.4. The molecule has 2 rings (SSSR count). The zero-order valence-corrected chi connectivity index (χ0v) is 13.8. The Morgan fingerprint density at radius 2 is 1.40 bits per heavy atom. The van der Waals surface area contributed by atoms with E-state index in [2.05, 4.69) is 0 Å². The monoisotopic (exact) mass is 386 g/mol. The second kappa shape index (κ2) is 14.8. The largest absolute Gasteiger partial charge is 0.481 e.